The van der Waals surface area contributed by atoms with Crippen LogP contribution in [0.3, 0.4) is 0 Å². The number of non-ortho nitro benzene ring substituents is 1. The number of aliphatic hydroxyl groups is 1. The third-order valence-electron chi connectivity index (χ3n) is 3.86. The maximum atomic E-state index is 12.0. The number of nitrogens with one attached hydrogen (secondary N) is 1. The summed E-state index contributed by atoms with van der Waals surface area (Å²) in [5.74, 6) is -0.0351. The number of nitro groups is 1. The summed E-state index contributed by atoms with van der Waals surface area (Å²) in [5.41, 5.74) is 0.458. The average Bonchev–Trinajstić information content (AvgIpc) is 2.90. The van der Waals surface area contributed by atoms with Gasteiger partial charge in [0.2, 0.25) is 5.91 Å². The molecule has 2 N–H and O–H groups in total. The highest BCUT2D eigenvalue weighted by atomic mass is 32.2. The van der Waals surface area contributed by atoms with Gasteiger partial charge in [-0.05, 0) is 25.2 Å². The number of oxazole rings is 1. The van der Waals surface area contributed by atoms with E-state index in [-0.39, 0.29) is 42.8 Å². The molecule has 0 aliphatic rings. The molecule has 0 saturated carbocycles. The number of nitrogens with zero attached hydrogens (tertiary/aromatic N) is 2. The Labute approximate surface area is 153 Å². The molecule has 0 spiro atoms. The molecule has 2 rings (SSSR count). The third kappa shape index (κ3) is 5.09. The number of aryl methyl sites for hydroxylation is 1. The predicted molar refractivity (Wildman–Crippen MR) is 98.4 cm³/mol. The largest absolute Gasteiger partial charge is 0.419 e. The first-order valence-electron chi connectivity index (χ1n) is 8.13. The van der Waals surface area contributed by atoms with Gasteiger partial charge in [-0.1, -0.05) is 0 Å². The molecule has 142 valence electrons. The van der Waals surface area contributed by atoms with Crippen molar-refractivity contribution in [3.05, 3.63) is 38.9 Å². The quantitative estimate of drug-likeness (QED) is 0.470. The summed E-state index contributed by atoms with van der Waals surface area (Å²) in [7, 11) is 0. The van der Waals surface area contributed by atoms with Crippen LogP contribution in [-0.4, -0.2) is 45.2 Å². The van der Waals surface area contributed by atoms with Crippen LogP contribution in [0.1, 0.15) is 19.3 Å². The minimum Gasteiger partial charge on any atom is -0.407 e. The topological polar surface area (TPSA) is 128 Å². The summed E-state index contributed by atoms with van der Waals surface area (Å²) >= 11 is 1.59. The first kappa shape index (κ1) is 20.0. The van der Waals surface area contributed by atoms with Crippen molar-refractivity contribution in [2.75, 3.05) is 18.6 Å². The van der Waals surface area contributed by atoms with Crippen LogP contribution in [0.2, 0.25) is 0 Å². The SMILES string of the molecule is CSCC(CCO)NC(=O)CCCn1c(=O)oc2cc([N+](=O)[O-])ccc21. The highest BCUT2D eigenvalue weighted by molar-refractivity contribution is 7.98. The highest BCUT2D eigenvalue weighted by Gasteiger charge is 2.15. The number of aromatic nitrogens is 1. The fraction of sp³-hybridized carbons (Fsp3) is 0.500. The third-order valence-corrected chi connectivity index (χ3v) is 4.59. The van der Waals surface area contributed by atoms with E-state index in [0.717, 1.165) is 5.75 Å². The van der Waals surface area contributed by atoms with Crippen LogP contribution in [0.15, 0.2) is 27.4 Å². The van der Waals surface area contributed by atoms with E-state index in [2.05, 4.69) is 5.32 Å². The number of carbonyl (C=O) groups excluding carboxylic acids is 1. The second kappa shape index (κ2) is 9.39. The van der Waals surface area contributed by atoms with Gasteiger partial charge in [0.1, 0.15) is 0 Å². The van der Waals surface area contributed by atoms with Gasteiger partial charge in [-0.15, -0.1) is 0 Å². The molecule has 0 radical (unpaired) electrons. The van der Waals surface area contributed by atoms with Gasteiger partial charge < -0.3 is 14.8 Å². The first-order valence-corrected chi connectivity index (χ1v) is 9.52. The van der Waals surface area contributed by atoms with Crippen LogP contribution in [0.4, 0.5) is 5.69 Å². The minimum atomic E-state index is -0.610. The summed E-state index contributed by atoms with van der Waals surface area (Å²) in [6, 6.07) is 3.90. The monoisotopic (exact) mass is 383 g/mol. The molecule has 10 heteroatoms. The lowest BCUT2D eigenvalue weighted by molar-refractivity contribution is -0.384. The van der Waals surface area contributed by atoms with Crippen molar-refractivity contribution >= 4 is 34.5 Å². The predicted octanol–water partition coefficient (Wildman–Crippen LogP) is 1.51. The molecule has 1 heterocycles. The summed E-state index contributed by atoms with van der Waals surface area (Å²) in [6.45, 7) is 0.276. The van der Waals surface area contributed by atoms with E-state index in [0.29, 0.717) is 18.4 Å². The van der Waals surface area contributed by atoms with Crippen molar-refractivity contribution in [1.82, 2.24) is 9.88 Å². The van der Waals surface area contributed by atoms with E-state index in [1.54, 1.807) is 11.8 Å². The number of rotatable bonds is 10. The van der Waals surface area contributed by atoms with Gasteiger partial charge in [0.25, 0.3) is 5.69 Å². The standard InChI is InChI=1S/C16H21N3O6S/c1-26-10-11(6-8-20)17-15(21)3-2-7-18-13-5-4-12(19(23)24)9-14(13)25-16(18)22/h4-5,9,11,20H,2-3,6-8,10H2,1H3,(H,17,21). The van der Waals surface area contributed by atoms with Gasteiger partial charge in [0.15, 0.2) is 5.58 Å². The normalized spacial score (nSPS) is 12.2. The molecule has 0 saturated heterocycles. The molecule has 0 bridgehead atoms. The van der Waals surface area contributed by atoms with Crippen LogP contribution >= 0.6 is 11.8 Å². The van der Waals surface area contributed by atoms with Crippen LogP contribution in [0, 0.1) is 10.1 Å². The lowest BCUT2D eigenvalue weighted by Crippen LogP contribution is -2.37. The Morgan fingerprint density at radius 1 is 1.50 bits per heavy atom. The number of hydrogen-bond donors (Lipinski definition) is 2. The van der Waals surface area contributed by atoms with Crippen LogP contribution in [0.25, 0.3) is 11.1 Å². The molecule has 2 aromatic rings. The van der Waals surface area contributed by atoms with E-state index in [9.17, 15) is 19.7 Å². The van der Waals surface area contributed by atoms with Gasteiger partial charge in [0.05, 0.1) is 16.5 Å². The molecular weight excluding hydrogens is 362 g/mol. The Morgan fingerprint density at radius 3 is 2.92 bits per heavy atom. The zero-order valence-electron chi connectivity index (χ0n) is 14.3. The fourth-order valence-electron chi connectivity index (χ4n) is 2.63. The number of fused-ring (bicyclic) bond motifs is 1. The van der Waals surface area contributed by atoms with Crippen molar-refractivity contribution in [2.45, 2.75) is 31.8 Å². The van der Waals surface area contributed by atoms with Crippen molar-refractivity contribution in [3.63, 3.8) is 0 Å². The van der Waals surface area contributed by atoms with Crippen molar-refractivity contribution in [1.29, 1.82) is 0 Å². The maximum absolute atomic E-state index is 12.0. The van der Waals surface area contributed by atoms with E-state index in [4.69, 9.17) is 9.52 Å². The van der Waals surface area contributed by atoms with E-state index >= 15 is 0 Å². The lowest BCUT2D eigenvalue weighted by atomic mass is 10.2. The molecule has 1 amide bonds. The Kier molecular flexibility index (Phi) is 7.22. The maximum Gasteiger partial charge on any atom is 0.419 e. The van der Waals surface area contributed by atoms with E-state index in [1.165, 1.54) is 22.8 Å². The number of carbonyl (C=O) groups is 1. The second-order valence-electron chi connectivity index (χ2n) is 5.76. The smallest absolute Gasteiger partial charge is 0.407 e. The van der Waals surface area contributed by atoms with Gasteiger partial charge in [0, 0.05) is 37.4 Å². The molecule has 1 atom stereocenters. The Balaban J connectivity index is 1.97. The van der Waals surface area contributed by atoms with E-state index in [1.807, 2.05) is 6.26 Å². The molecule has 1 aromatic carbocycles. The van der Waals surface area contributed by atoms with Crippen LogP contribution in [-0.2, 0) is 11.3 Å². The molecule has 0 aliphatic carbocycles. The average molecular weight is 383 g/mol. The molecule has 1 unspecified atom stereocenters. The molecule has 1 aromatic heterocycles. The Bertz CT molecular complexity index is 825. The number of aliphatic hydroxyl groups excluding tert-OH is 1. The Morgan fingerprint density at radius 2 is 2.27 bits per heavy atom. The van der Waals surface area contributed by atoms with Gasteiger partial charge in [-0.2, -0.15) is 11.8 Å². The second-order valence-corrected chi connectivity index (χ2v) is 6.68. The van der Waals surface area contributed by atoms with Gasteiger partial charge in [-0.3, -0.25) is 19.5 Å². The number of benzene rings is 1. The van der Waals surface area contributed by atoms with Crippen molar-refractivity contribution in [3.8, 4) is 0 Å². The minimum absolute atomic E-state index is 0.00798. The van der Waals surface area contributed by atoms with E-state index < -0.39 is 10.7 Å². The van der Waals surface area contributed by atoms with Crippen LogP contribution < -0.4 is 11.1 Å². The number of hydrogen-bond acceptors (Lipinski definition) is 7. The molecule has 9 nitrogen and oxygen atoms in total. The van der Waals surface area contributed by atoms with Gasteiger partial charge in [-0.25, -0.2) is 4.79 Å². The summed E-state index contributed by atoms with van der Waals surface area (Å²) < 4.78 is 6.41. The zero-order valence-corrected chi connectivity index (χ0v) is 15.2. The fourth-order valence-corrected chi connectivity index (χ4v) is 3.28. The molecule has 26 heavy (non-hydrogen) atoms. The summed E-state index contributed by atoms with van der Waals surface area (Å²) in [5, 5.41) is 22.7. The highest BCUT2D eigenvalue weighted by Crippen LogP contribution is 2.20. The van der Waals surface area contributed by atoms with Crippen molar-refractivity contribution in [2.24, 2.45) is 0 Å². The van der Waals surface area contributed by atoms with Crippen molar-refractivity contribution < 1.29 is 19.2 Å². The number of nitro benzene ring substituents is 1. The number of amides is 1. The van der Waals surface area contributed by atoms with Crippen LogP contribution in [0.5, 0.6) is 0 Å². The lowest BCUT2D eigenvalue weighted by Gasteiger charge is -2.16. The summed E-state index contributed by atoms with van der Waals surface area (Å²) in [4.78, 5) is 34.2. The molecular formula is C16H21N3O6S. The summed E-state index contributed by atoms with van der Waals surface area (Å²) in [6.07, 6.45) is 3.07. The zero-order chi connectivity index (χ0) is 19.1. The first-order chi connectivity index (χ1) is 12.5. The Hall–Kier alpha value is -2.33. The van der Waals surface area contributed by atoms with Gasteiger partial charge >= 0.3 is 5.76 Å². The molecule has 0 fully saturated rings. The number of thioether (sulfide) groups is 1. The molecule has 0 aliphatic heterocycles.